The first-order chi connectivity index (χ1) is 12.0. The summed E-state index contributed by atoms with van der Waals surface area (Å²) in [4.78, 5) is 2.31. The van der Waals surface area contributed by atoms with E-state index < -0.39 is 15.8 Å². The second kappa shape index (κ2) is 7.68. The summed E-state index contributed by atoms with van der Waals surface area (Å²) in [7, 11) is -3.70. The van der Waals surface area contributed by atoms with Gasteiger partial charge >= 0.3 is 0 Å². The Bertz CT molecular complexity index is 767. The molecular weight excluding hydrogens is 343 g/mol. The lowest BCUT2D eigenvalue weighted by Crippen LogP contribution is -2.41. The molecule has 0 aliphatic carbocycles. The standard InChI is InChI=1S/C18H23FN2O3S/c1-14-8-10-21(11-9-14)17(18-3-2-12-24-18)13-20-25(22,23)16-6-4-15(19)5-7-16/h2-7,12,14,17,20H,8-11,13H2,1H3. The number of hydrogen-bond acceptors (Lipinski definition) is 4. The van der Waals surface area contributed by atoms with Crippen LogP contribution in [0.1, 0.15) is 31.6 Å². The van der Waals surface area contributed by atoms with E-state index in [1.807, 2.05) is 12.1 Å². The van der Waals surface area contributed by atoms with Crippen LogP contribution in [0.5, 0.6) is 0 Å². The van der Waals surface area contributed by atoms with Crippen molar-refractivity contribution >= 4 is 10.0 Å². The second-order valence-corrected chi connectivity index (χ2v) is 8.32. The summed E-state index contributed by atoms with van der Waals surface area (Å²) < 4.78 is 46.1. The summed E-state index contributed by atoms with van der Waals surface area (Å²) in [6.45, 7) is 4.26. The van der Waals surface area contributed by atoms with Crippen molar-refractivity contribution in [3.05, 3.63) is 54.2 Å². The minimum Gasteiger partial charge on any atom is -0.468 e. The van der Waals surface area contributed by atoms with Gasteiger partial charge in [-0.25, -0.2) is 17.5 Å². The van der Waals surface area contributed by atoms with Crippen molar-refractivity contribution in [1.29, 1.82) is 0 Å². The van der Waals surface area contributed by atoms with E-state index in [2.05, 4.69) is 16.5 Å². The predicted molar refractivity (Wildman–Crippen MR) is 93.0 cm³/mol. The Morgan fingerprint density at radius 1 is 1.24 bits per heavy atom. The third kappa shape index (κ3) is 4.48. The van der Waals surface area contributed by atoms with Crippen LogP contribution in [-0.2, 0) is 10.0 Å². The highest BCUT2D eigenvalue weighted by Crippen LogP contribution is 2.27. The summed E-state index contributed by atoms with van der Waals surface area (Å²) in [6, 6.07) is 8.34. The van der Waals surface area contributed by atoms with Crippen LogP contribution in [-0.4, -0.2) is 33.0 Å². The quantitative estimate of drug-likeness (QED) is 0.853. The fourth-order valence-electron chi connectivity index (χ4n) is 3.12. The zero-order valence-electron chi connectivity index (χ0n) is 14.2. The van der Waals surface area contributed by atoms with E-state index in [1.165, 1.54) is 12.1 Å². The molecule has 1 unspecified atom stereocenters. The van der Waals surface area contributed by atoms with E-state index in [0.29, 0.717) is 5.92 Å². The molecule has 2 aromatic rings. The van der Waals surface area contributed by atoms with E-state index in [-0.39, 0.29) is 17.5 Å². The van der Waals surface area contributed by atoms with Crippen LogP contribution in [0.25, 0.3) is 0 Å². The van der Waals surface area contributed by atoms with Gasteiger partial charge in [0.15, 0.2) is 0 Å². The highest BCUT2D eigenvalue weighted by atomic mass is 32.2. The molecule has 2 heterocycles. The summed E-state index contributed by atoms with van der Waals surface area (Å²) in [6.07, 6.45) is 3.77. The maximum Gasteiger partial charge on any atom is 0.240 e. The number of nitrogens with one attached hydrogen (secondary N) is 1. The molecule has 1 N–H and O–H groups in total. The largest absolute Gasteiger partial charge is 0.468 e. The smallest absolute Gasteiger partial charge is 0.240 e. The Kier molecular flexibility index (Phi) is 5.56. The van der Waals surface area contributed by atoms with Gasteiger partial charge in [0.1, 0.15) is 11.6 Å². The first kappa shape index (κ1) is 18.1. The SMILES string of the molecule is CC1CCN(C(CNS(=O)(=O)c2ccc(F)cc2)c2ccco2)CC1. The summed E-state index contributed by atoms with van der Waals surface area (Å²) in [5.41, 5.74) is 0. The van der Waals surface area contributed by atoms with Gasteiger partial charge in [-0.3, -0.25) is 4.90 Å². The number of furan rings is 1. The molecule has 1 aromatic heterocycles. The van der Waals surface area contributed by atoms with Crippen LogP contribution in [0.15, 0.2) is 52.0 Å². The van der Waals surface area contributed by atoms with Gasteiger partial charge in [0, 0.05) is 6.54 Å². The zero-order valence-corrected chi connectivity index (χ0v) is 15.0. The van der Waals surface area contributed by atoms with Crippen LogP contribution in [0.3, 0.4) is 0 Å². The minimum atomic E-state index is -3.70. The Labute approximate surface area is 147 Å². The molecule has 7 heteroatoms. The number of halogens is 1. The van der Waals surface area contributed by atoms with Gasteiger partial charge in [-0.15, -0.1) is 0 Å². The maximum atomic E-state index is 13.0. The molecule has 0 bridgehead atoms. The topological polar surface area (TPSA) is 62.6 Å². The van der Waals surface area contributed by atoms with Crippen LogP contribution >= 0.6 is 0 Å². The second-order valence-electron chi connectivity index (χ2n) is 6.56. The molecule has 1 atom stereocenters. The molecule has 1 aliphatic rings. The average molecular weight is 366 g/mol. The molecule has 1 aliphatic heterocycles. The number of nitrogens with zero attached hydrogens (tertiary/aromatic N) is 1. The van der Waals surface area contributed by atoms with Crippen molar-refractivity contribution in [1.82, 2.24) is 9.62 Å². The average Bonchev–Trinajstić information content (AvgIpc) is 3.11. The van der Waals surface area contributed by atoms with Crippen molar-refractivity contribution in [2.45, 2.75) is 30.7 Å². The summed E-state index contributed by atoms with van der Waals surface area (Å²) in [5, 5.41) is 0. The lowest BCUT2D eigenvalue weighted by Gasteiger charge is -2.35. The van der Waals surface area contributed by atoms with Gasteiger partial charge in [-0.1, -0.05) is 6.92 Å². The normalized spacial score (nSPS) is 18.3. The summed E-state index contributed by atoms with van der Waals surface area (Å²) >= 11 is 0. The van der Waals surface area contributed by atoms with Crippen LogP contribution in [0.2, 0.25) is 0 Å². The number of sulfonamides is 1. The van der Waals surface area contributed by atoms with Crippen molar-refractivity contribution < 1.29 is 17.2 Å². The molecule has 0 radical (unpaired) electrons. The maximum absolute atomic E-state index is 13.0. The number of rotatable bonds is 6. The number of piperidine rings is 1. The van der Waals surface area contributed by atoms with E-state index in [1.54, 1.807) is 6.26 Å². The molecule has 3 rings (SSSR count). The zero-order chi connectivity index (χ0) is 17.9. The number of hydrogen-bond donors (Lipinski definition) is 1. The molecule has 0 spiro atoms. The van der Waals surface area contributed by atoms with Gasteiger partial charge in [0.25, 0.3) is 0 Å². The third-order valence-corrected chi connectivity index (χ3v) is 6.16. The molecule has 136 valence electrons. The molecule has 1 fully saturated rings. The summed E-state index contributed by atoms with van der Waals surface area (Å²) in [5.74, 6) is 0.968. The highest BCUT2D eigenvalue weighted by Gasteiger charge is 2.28. The monoisotopic (exact) mass is 366 g/mol. The first-order valence-electron chi connectivity index (χ1n) is 8.48. The lowest BCUT2D eigenvalue weighted by molar-refractivity contribution is 0.125. The van der Waals surface area contributed by atoms with Gasteiger partial charge in [-0.05, 0) is 68.2 Å². The van der Waals surface area contributed by atoms with Crippen LogP contribution in [0.4, 0.5) is 4.39 Å². The Morgan fingerprint density at radius 3 is 2.52 bits per heavy atom. The molecule has 1 aromatic carbocycles. The van der Waals surface area contributed by atoms with Crippen molar-refractivity contribution in [3.8, 4) is 0 Å². The Hall–Kier alpha value is -1.70. The van der Waals surface area contributed by atoms with E-state index in [4.69, 9.17) is 4.42 Å². The van der Waals surface area contributed by atoms with Crippen LogP contribution in [0, 0.1) is 11.7 Å². The minimum absolute atomic E-state index is 0.0550. The predicted octanol–water partition coefficient (Wildman–Crippen LogP) is 3.17. The van der Waals surface area contributed by atoms with Gasteiger partial charge in [0.05, 0.1) is 17.2 Å². The molecule has 25 heavy (non-hydrogen) atoms. The molecule has 0 saturated carbocycles. The van der Waals surface area contributed by atoms with Crippen molar-refractivity contribution in [2.75, 3.05) is 19.6 Å². The van der Waals surface area contributed by atoms with Crippen LogP contribution < -0.4 is 4.72 Å². The van der Waals surface area contributed by atoms with Gasteiger partial charge in [-0.2, -0.15) is 0 Å². The third-order valence-electron chi connectivity index (χ3n) is 4.72. The van der Waals surface area contributed by atoms with Gasteiger partial charge in [0.2, 0.25) is 10.0 Å². The van der Waals surface area contributed by atoms with Crippen molar-refractivity contribution in [2.24, 2.45) is 5.92 Å². The molecule has 5 nitrogen and oxygen atoms in total. The van der Waals surface area contributed by atoms with E-state index in [9.17, 15) is 12.8 Å². The molecular formula is C18H23FN2O3S. The van der Waals surface area contributed by atoms with E-state index >= 15 is 0 Å². The van der Waals surface area contributed by atoms with E-state index in [0.717, 1.165) is 43.8 Å². The highest BCUT2D eigenvalue weighted by molar-refractivity contribution is 7.89. The molecule has 1 saturated heterocycles. The van der Waals surface area contributed by atoms with Gasteiger partial charge < -0.3 is 4.42 Å². The number of likely N-dealkylation sites (tertiary alicyclic amines) is 1. The Morgan fingerprint density at radius 2 is 1.92 bits per heavy atom. The number of benzene rings is 1. The fourth-order valence-corrected chi connectivity index (χ4v) is 4.15. The Balaban J connectivity index is 1.73. The lowest BCUT2D eigenvalue weighted by atomic mass is 9.97. The van der Waals surface area contributed by atoms with Crippen molar-refractivity contribution in [3.63, 3.8) is 0 Å². The first-order valence-corrected chi connectivity index (χ1v) is 9.97. The molecule has 0 amide bonds. The fraction of sp³-hybridized carbons (Fsp3) is 0.444.